The van der Waals surface area contributed by atoms with E-state index in [2.05, 4.69) is 23.4 Å². The van der Waals surface area contributed by atoms with Crippen LogP contribution in [0.1, 0.15) is 55.3 Å². The molecule has 1 N–H and O–H groups in total. The summed E-state index contributed by atoms with van der Waals surface area (Å²) < 4.78 is 2.17. The fourth-order valence-electron chi connectivity index (χ4n) is 3.64. The summed E-state index contributed by atoms with van der Waals surface area (Å²) in [6, 6.07) is 5.72. The van der Waals surface area contributed by atoms with Crippen LogP contribution in [-0.2, 0) is 0 Å². The summed E-state index contributed by atoms with van der Waals surface area (Å²) in [6.07, 6.45) is 3.40. The van der Waals surface area contributed by atoms with Crippen LogP contribution in [0.15, 0.2) is 18.2 Å². The highest BCUT2D eigenvalue weighted by molar-refractivity contribution is 6.01. The lowest BCUT2D eigenvalue weighted by Gasteiger charge is -2.33. The van der Waals surface area contributed by atoms with Gasteiger partial charge in [0.25, 0.3) is 0 Å². The smallest absolute Gasteiger partial charge is 0.337 e. The lowest BCUT2D eigenvalue weighted by molar-refractivity contribution is 0.0698. The third-order valence-electron chi connectivity index (χ3n) is 5.05. The van der Waals surface area contributed by atoms with Gasteiger partial charge in [0, 0.05) is 6.04 Å². The van der Waals surface area contributed by atoms with E-state index in [0.717, 1.165) is 35.6 Å². The first-order chi connectivity index (χ1) is 9.99. The highest BCUT2D eigenvalue weighted by atomic mass is 16.4. The number of aromatic carboxylic acids is 1. The van der Waals surface area contributed by atoms with Crippen LogP contribution in [0.3, 0.4) is 0 Å². The molecule has 1 aromatic carbocycles. The summed E-state index contributed by atoms with van der Waals surface area (Å²) >= 11 is 0. The summed E-state index contributed by atoms with van der Waals surface area (Å²) in [5, 5.41) is 9.47. The van der Waals surface area contributed by atoms with Crippen molar-refractivity contribution in [3.8, 4) is 0 Å². The molecule has 1 fully saturated rings. The summed E-state index contributed by atoms with van der Waals surface area (Å²) in [6.45, 7) is 6.58. The molecule has 0 aliphatic heterocycles. The van der Waals surface area contributed by atoms with Crippen LogP contribution >= 0.6 is 0 Å². The second-order valence-corrected chi connectivity index (χ2v) is 6.43. The minimum Gasteiger partial charge on any atom is -0.478 e. The van der Waals surface area contributed by atoms with Crippen LogP contribution in [0.2, 0.25) is 0 Å². The topological polar surface area (TPSA) is 55.1 Å². The van der Waals surface area contributed by atoms with Crippen LogP contribution in [0.25, 0.3) is 11.0 Å². The molecule has 0 amide bonds. The number of fused-ring (bicyclic) bond motifs is 1. The molecule has 3 atom stereocenters. The Bertz CT molecular complexity index is 689. The van der Waals surface area contributed by atoms with Gasteiger partial charge < -0.3 is 9.67 Å². The molecule has 0 saturated heterocycles. The SMILES string of the molecule is Cc1nc2cccc(C(=O)O)c2n1C1CCC(C)C(C)C1. The van der Waals surface area contributed by atoms with E-state index in [0.29, 0.717) is 17.5 Å². The van der Waals surface area contributed by atoms with Gasteiger partial charge in [0.15, 0.2) is 0 Å². The molecular formula is C17H22N2O2. The number of hydrogen-bond acceptors (Lipinski definition) is 2. The van der Waals surface area contributed by atoms with Crippen molar-refractivity contribution < 1.29 is 9.90 Å². The number of carbonyl (C=O) groups is 1. The number of carboxylic acids is 1. The van der Waals surface area contributed by atoms with Crippen molar-refractivity contribution in [1.82, 2.24) is 9.55 Å². The lowest BCUT2D eigenvalue weighted by Crippen LogP contribution is -2.24. The Balaban J connectivity index is 2.14. The van der Waals surface area contributed by atoms with Crippen LogP contribution in [-0.4, -0.2) is 20.6 Å². The summed E-state index contributed by atoms with van der Waals surface area (Å²) in [5.74, 6) is 1.46. The molecule has 1 saturated carbocycles. The van der Waals surface area contributed by atoms with E-state index in [-0.39, 0.29) is 0 Å². The molecule has 3 rings (SSSR count). The van der Waals surface area contributed by atoms with Crippen LogP contribution in [0.4, 0.5) is 0 Å². The zero-order valence-corrected chi connectivity index (χ0v) is 12.8. The monoisotopic (exact) mass is 286 g/mol. The van der Waals surface area contributed by atoms with Crippen molar-refractivity contribution in [3.05, 3.63) is 29.6 Å². The normalized spacial score (nSPS) is 26.1. The Morgan fingerprint density at radius 1 is 1.29 bits per heavy atom. The van der Waals surface area contributed by atoms with Gasteiger partial charge in [-0.05, 0) is 50.2 Å². The Morgan fingerprint density at radius 2 is 2.05 bits per heavy atom. The van der Waals surface area contributed by atoms with E-state index in [1.54, 1.807) is 12.1 Å². The highest BCUT2D eigenvalue weighted by Crippen LogP contribution is 2.38. The summed E-state index contributed by atoms with van der Waals surface area (Å²) in [7, 11) is 0. The van der Waals surface area contributed by atoms with Gasteiger partial charge in [0.05, 0.1) is 16.6 Å². The Labute approximate surface area is 124 Å². The number of hydrogen-bond donors (Lipinski definition) is 1. The van der Waals surface area contributed by atoms with Crippen molar-refractivity contribution in [2.24, 2.45) is 11.8 Å². The summed E-state index contributed by atoms with van der Waals surface area (Å²) in [4.78, 5) is 16.1. The van der Waals surface area contributed by atoms with Crippen molar-refractivity contribution in [2.75, 3.05) is 0 Å². The second-order valence-electron chi connectivity index (χ2n) is 6.43. The number of rotatable bonds is 2. The lowest BCUT2D eigenvalue weighted by atomic mass is 9.79. The first-order valence-electron chi connectivity index (χ1n) is 7.70. The number of benzene rings is 1. The first-order valence-corrected chi connectivity index (χ1v) is 7.70. The largest absolute Gasteiger partial charge is 0.478 e. The molecule has 4 nitrogen and oxygen atoms in total. The molecule has 1 aliphatic rings. The second kappa shape index (κ2) is 5.17. The van der Waals surface area contributed by atoms with Gasteiger partial charge in [-0.3, -0.25) is 0 Å². The minimum atomic E-state index is -0.876. The average Bonchev–Trinajstić information content (AvgIpc) is 2.77. The number of aromatic nitrogens is 2. The fraction of sp³-hybridized carbons (Fsp3) is 0.529. The average molecular weight is 286 g/mol. The number of nitrogens with zero attached hydrogens (tertiary/aromatic N) is 2. The molecule has 4 heteroatoms. The maximum atomic E-state index is 11.5. The van der Waals surface area contributed by atoms with Gasteiger partial charge in [0.1, 0.15) is 5.82 Å². The first kappa shape index (κ1) is 14.1. The van der Waals surface area contributed by atoms with Gasteiger partial charge in [-0.15, -0.1) is 0 Å². The molecule has 21 heavy (non-hydrogen) atoms. The standard InChI is InChI=1S/C17H22N2O2/c1-10-7-8-13(9-11(10)2)19-12(3)18-15-6-4-5-14(16(15)19)17(20)21/h4-6,10-11,13H,7-9H2,1-3H3,(H,20,21). The number of aryl methyl sites for hydroxylation is 1. The van der Waals surface area contributed by atoms with Gasteiger partial charge in [-0.2, -0.15) is 0 Å². The van der Waals surface area contributed by atoms with Gasteiger partial charge in [-0.25, -0.2) is 9.78 Å². The van der Waals surface area contributed by atoms with E-state index in [1.807, 2.05) is 13.0 Å². The van der Waals surface area contributed by atoms with Crippen molar-refractivity contribution in [2.45, 2.75) is 46.1 Å². The molecular weight excluding hydrogens is 264 g/mol. The Hall–Kier alpha value is -1.84. The van der Waals surface area contributed by atoms with E-state index in [4.69, 9.17) is 0 Å². The predicted molar refractivity (Wildman–Crippen MR) is 82.6 cm³/mol. The van der Waals surface area contributed by atoms with Gasteiger partial charge in [0.2, 0.25) is 0 Å². The van der Waals surface area contributed by atoms with Crippen molar-refractivity contribution in [1.29, 1.82) is 0 Å². The maximum Gasteiger partial charge on any atom is 0.337 e. The molecule has 3 unspecified atom stereocenters. The highest BCUT2D eigenvalue weighted by Gasteiger charge is 2.28. The van der Waals surface area contributed by atoms with E-state index >= 15 is 0 Å². The molecule has 1 aromatic heterocycles. The Kier molecular flexibility index (Phi) is 3.47. The number of para-hydroxylation sites is 1. The molecule has 1 aliphatic carbocycles. The zero-order chi connectivity index (χ0) is 15.1. The zero-order valence-electron chi connectivity index (χ0n) is 12.8. The number of carboxylic acid groups (broad SMARTS) is 1. The molecule has 0 radical (unpaired) electrons. The van der Waals surface area contributed by atoms with E-state index in [1.165, 1.54) is 6.42 Å². The Morgan fingerprint density at radius 3 is 2.71 bits per heavy atom. The molecule has 0 spiro atoms. The molecule has 112 valence electrons. The third-order valence-corrected chi connectivity index (χ3v) is 5.05. The quantitative estimate of drug-likeness (QED) is 0.906. The van der Waals surface area contributed by atoms with Gasteiger partial charge >= 0.3 is 5.97 Å². The predicted octanol–water partition coefficient (Wildman–Crippen LogP) is 4.04. The van der Waals surface area contributed by atoms with Gasteiger partial charge in [-0.1, -0.05) is 19.9 Å². The van der Waals surface area contributed by atoms with Crippen LogP contribution in [0, 0.1) is 18.8 Å². The van der Waals surface area contributed by atoms with E-state index in [9.17, 15) is 9.90 Å². The number of imidazole rings is 1. The fourth-order valence-corrected chi connectivity index (χ4v) is 3.64. The minimum absolute atomic E-state index is 0.361. The van der Waals surface area contributed by atoms with Crippen molar-refractivity contribution >= 4 is 17.0 Å². The summed E-state index contributed by atoms with van der Waals surface area (Å²) in [5.41, 5.74) is 1.94. The molecule has 0 bridgehead atoms. The van der Waals surface area contributed by atoms with Crippen LogP contribution in [0.5, 0.6) is 0 Å². The van der Waals surface area contributed by atoms with E-state index < -0.39 is 5.97 Å². The third kappa shape index (κ3) is 2.33. The van der Waals surface area contributed by atoms with Crippen LogP contribution < -0.4 is 0 Å². The molecule has 1 heterocycles. The maximum absolute atomic E-state index is 11.5. The molecule has 2 aromatic rings. The van der Waals surface area contributed by atoms with Crippen molar-refractivity contribution in [3.63, 3.8) is 0 Å².